The average molecular weight is 541 g/mol. The summed E-state index contributed by atoms with van der Waals surface area (Å²) in [5.41, 5.74) is 4.96. The molecule has 0 aliphatic carbocycles. The number of amides is 2. The molecule has 2 aliphatic rings. The third kappa shape index (κ3) is 4.93. The Kier molecular flexibility index (Phi) is 7.60. The van der Waals surface area contributed by atoms with Crippen LogP contribution in [-0.4, -0.2) is 106 Å². The fourth-order valence-electron chi connectivity index (χ4n) is 3.39. The highest BCUT2D eigenvalue weighted by molar-refractivity contribution is 7.99. The van der Waals surface area contributed by atoms with Crippen LogP contribution >= 0.6 is 23.3 Å². The zero-order valence-electron chi connectivity index (χ0n) is 18.6. The van der Waals surface area contributed by atoms with Gasteiger partial charge in [-0.3, -0.25) is 14.5 Å². The molecule has 1 fully saturated rings. The van der Waals surface area contributed by atoms with Crippen LogP contribution in [0.5, 0.6) is 0 Å². The smallest absolute Gasteiger partial charge is 0.356 e. The molecule has 0 unspecified atom stereocenters. The SMILES string of the molecule is CCO/N=C(\C(=O)N[C@@H]1C(=O)N2C(C(=O)O)=C(CSc3nnnn3CCO)OC[C@H]12)c1nsc(N)n1. The van der Waals surface area contributed by atoms with E-state index in [9.17, 15) is 19.5 Å². The number of hydrogen-bond acceptors (Lipinski definition) is 15. The van der Waals surface area contributed by atoms with Crippen molar-refractivity contribution in [1.29, 1.82) is 0 Å². The summed E-state index contributed by atoms with van der Waals surface area (Å²) in [5.74, 6) is -2.81. The first-order chi connectivity index (χ1) is 17.3. The number of nitrogens with one attached hydrogen (secondary N) is 1. The molecule has 2 aromatic heterocycles. The number of carboxylic acids is 1. The molecule has 2 atom stereocenters. The molecule has 0 bridgehead atoms. The van der Waals surface area contributed by atoms with Crippen molar-refractivity contribution >= 4 is 51.9 Å². The number of aromatic nitrogens is 6. The van der Waals surface area contributed by atoms with Crippen LogP contribution in [0.3, 0.4) is 0 Å². The number of ether oxygens (including phenoxy) is 1. The number of rotatable bonds is 11. The van der Waals surface area contributed by atoms with Gasteiger partial charge in [-0.25, -0.2) is 9.48 Å². The maximum absolute atomic E-state index is 12.9. The molecule has 0 radical (unpaired) electrons. The number of nitrogens with two attached hydrogens (primary N) is 1. The van der Waals surface area contributed by atoms with Crippen LogP contribution < -0.4 is 11.1 Å². The number of aliphatic hydroxyl groups excluding tert-OH is 1. The number of hydrogen-bond donors (Lipinski definition) is 4. The molecule has 0 saturated carbocycles. The van der Waals surface area contributed by atoms with E-state index in [1.165, 1.54) is 4.68 Å². The summed E-state index contributed by atoms with van der Waals surface area (Å²) in [4.78, 5) is 47.7. The molecule has 4 heterocycles. The number of carbonyl (C=O) groups excluding carboxylic acids is 2. The summed E-state index contributed by atoms with van der Waals surface area (Å²) in [6.45, 7) is 1.75. The minimum Gasteiger partial charge on any atom is -0.492 e. The monoisotopic (exact) mass is 540 g/mol. The number of nitrogens with zero attached hydrogens (tertiary/aromatic N) is 8. The highest BCUT2D eigenvalue weighted by atomic mass is 32.2. The van der Waals surface area contributed by atoms with E-state index in [1.807, 2.05) is 0 Å². The molecule has 4 rings (SSSR count). The maximum Gasteiger partial charge on any atom is 0.356 e. The molecule has 192 valence electrons. The molecule has 5 N–H and O–H groups in total. The third-order valence-corrected chi connectivity index (χ3v) is 6.44. The molecular formula is C17H20N10O7S2. The number of carbonyl (C=O) groups is 3. The van der Waals surface area contributed by atoms with Gasteiger partial charge in [0.2, 0.25) is 16.7 Å². The van der Waals surface area contributed by atoms with Gasteiger partial charge in [-0.05, 0) is 17.4 Å². The van der Waals surface area contributed by atoms with Gasteiger partial charge in [0, 0.05) is 11.5 Å². The van der Waals surface area contributed by atoms with E-state index in [0.29, 0.717) is 5.16 Å². The highest BCUT2D eigenvalue weighted by Gasteiger charge is 2.55. The Labute approximate surface area is 210 Å². The van der Waals surface area contributed by atoms with Gasteiger partial charge in [0.1, 0.15) is 31.1 Å². The number of thioether (sulfide) groups is 1. The van der Waals surface area contributed by atoms with E-state index in [0.717, 1.165) is 28.2 Å². The van der Waals surface area contributed by atoms with E-state index in [4.69, 9.17) is 20.4 Å². The predicted molar refractivity (Wildman–Crippen MR) is 121 cm³/mol. The van der Waals surface area contributed by atoms with Gasteiger partial charge in [0.05, 0.1) is 18.9 Å². The number of anilines is 1. The second-order valence-corrected chi connectivity index (χ2v) is 8.85. The van der Waals surface area contributed by atoms with Crippen molar-refractivity contribution in [3.63, 3.8) is 0 Å². The summed E-state index contributed by atoms with van der Waals surface area (Å²) in [6.07, 6.45) is 0. The summed E-state index contributed by atoms with van der Waals surface area (Å²) in [6, 6.07) is -1.83. The van der Waals surface area contributed by atoms with E-state index in [-0.39, 0.29) is 60.2 Å². The Morgan fingerprint density at radius 1 is 1.44 bits per heavy atom. The third-order valence-electron chi connectivity index (χ3n) is 4.94. The molecule has 0 aromatic carbocycles. The van der Waals surface area contributed by atoms with Gasteiger partial charge in [0.25, 0.3) is 11.8 Å². The Hall–Kier alpha value is -3.84. The minimum absolute atomic E-state index is 0.0169. The number of oxime groups is 1. The molecule has 36 heavy (non-hydrogen) atoms. The van der Waals surface area contributed by atoms with Crippen molar-refractivity contribution < 1.29 is 34.2 Å². The van der Waals surface area contributed by atoms with Gasteiger partial charge in [-0.2, -0.15) is 9.36 Å². The van der Waals surface area contributed by atoms with Gasteiger partial charge in [0.15, 0.2) is 10.8 Å². The Morgan fingerprint density at radius 3 is 2.92 bits per heavy atom. The molecule has 2 aliphatic heterocycles. The fourth-order valence-corrected chi connectivity index (χ4v) is 4.68. The number of fused-ring (bicyclic) bond motifs is 1. The molecule has 1 saturated heterocycles. The summed E-state index contributed by atoms with van der Waals surface area (Å²) < 4.78 is 11.0. The number of aliphatic hydroxyl groups is 1. The number of carboxylic acid groups (broad SMARTS) is 1. The van der Waals surface area contributed by atoms with E-state index in [1.54, 1.807) is 6.92 Å². The lowest BCUT2D eigenvalue weighted by Crippen LogP contribution is -2.73. The lowest BCUT2D eigenvalue weighted by molar-refractivity contribution is -0.160. The van der Waals surface area contributed by atoms with E-state index >= 15 is 0 Å². The highest BCUT2D eigenvalue weighted by Crippen LogP contribution is 2.34. The topological polar surface area (TPSA) is 233 Å². The van der Waals surface area contributed by atoms with Crippen LogP contribution in [0.2, 0.25) is 0 Å². The van der Waals surface area contributed by atoms with E-state index < -0.39 is 29.9 Å². The Balaban J connectivity index is 1.48. The molecule has 2 aromatic rings. The normalized spacial score (nSPS) is 19.4. The van der Waals surface area contributed by atoms with Crippen molar-refractivity contribution in [2.45, 2.75) is 30.7 Å². The number of nitrogen functional groups attached to an aromatic ring is 1. The standard InChI is InChI=1S/C17H20N10O7S2/c1-2-34-22-10(12-20-16(18)36-23-12)13(29)19-9-7-5-33-8(11(15(31)32)27(7)14(9)30)6-35-17-21-24-25-26(17)3-4-28/h7,9,28H,2-6H2,1H3,(H,19,29)(H,31,32)(H2,18,20,23)/b22-10-/t7-,9+/m1/s1. The molecule has 19 heteroatoms. The van der Waals surface area contributed by atoms with Crippen molar-refractivity contribution in [2.24, 2.45) is 5.16 Å². The Bertz CT molecular complexity index is 1230. The maximum atomic E-state index is 12.9. The summed E-state index contributed by atoms with van der Waals surface area (Å²) in [7, 11) is 0. The minimum atomic E-state index is -1.37. The van der Waals surface area contributed by atoms with Crippen LogP contribution in [0, 0.1) is 0 Å². The van der Waals surface area contributed by atoms with Crippen LogP contribution in [-0.2, 0) is 30.5 Å². The number of aliphatic carboxylic acids is 1. The second kappa shape index (κ2) is 10.8. The van der Waals surface area contributed by atoms with Gasteiger partial charge >= 0.3 is 5.97 Å². The van der Waals surface area contributed by atoms with Gasteiger partial charge in [-0.1, -0.05) is 16.9 Å². The first kappa shape index (κ1) is 25.3. The molecular weight excluding hydrogens is 520 g/mol. The molecule has 17 nitrogen and oxygen atoms in total. The first-order valence-electron chi connectivity index (χ1n) is 10.4. The van der Waals surface area contributed by atoms with E-state index in [2.05, 4.69) is 35.4 Å². The predicted octanol–water partition coefficient (Wildman–Crippen LogP) is -2.35. The first-order valence-corrected chi connectivity index (χ1v) is 12.1. The van der Waals surface area contributed by atoms with Crippen molar-refractivity contribution in [1.82, 2.24) is 39.8 Å². The lowest BCUT2D eigenvalue weighted by atomic mass is 9.92. The second-order valence-electron chi connectivity index (χ2n) is 7.13. The van der Waals surface area contributed by atoms with Crippen molar-refractivity contribution in [3.8, 4) is 0 Å². The van der Waals surface area contributed by atoms with Crippen LogP contribution in [0.1, 0.15) is 12.7 Å². The summed E-state index contributed by atoms with van der Waals surface area (Å²) in [5, 5.41) is 36.6. The Morgan fingerprint density at radius 2 is 2.25 bits per heavy atom. The quantitative estimate of drug-likeness (QED) is 0.101. The zero-order chi connectivity index (χ0) is 25.8. The average Bonchev–Trinajstić information content (AvgIpc) is 3.49. The zero-order valence-corrected chi connectivity index (χ0v) is 20.2. The van der Waals surface area contributed by atoms with Crippen molar-refractivity contribution in [3.05, 3.63) is 17.3 Å². The molecule has 0 spiro atoms. The van der Waals surface area contributed by atoms with Crippen molar-refractivity contribution in [2.75, 3.05) is 31.3 Å². The van der Waals surface area contributed by atoms with Gasteiger partial charge in [-0.15, -0.1) is 5.10 Å². The lowest BCUT2D eigenvalue weighted by Gasteiger charge is -2.49. The number of tetrazole rings is 1. The van der Waals surface area contributed by atoms with Crippen LogP contribution in [0.4, 0.5) is 5.13 Å². The summed E-state index contributed by atoms with van der Waals surface area (Å²) >= 11 is 1.94. The van der Waals surface area contributed by atoms with Crippen LogP contribution in [0.25, 0.3) is 0 Å². The molecule has 2 amide bonds. The largest absolute Gasteiger partial charge is 0.492 e. The fraction of sp³-hybridized carbons (Fsp3) is 0.471. The number of β-lactam (4-membered cyclic amide) rings is 1. The van der Waals surface area contributed by atoms with Crippen LogP contribution in [0.15, 0.2) is 21.8 Å². The van der Waals surface area contributed by atoms with Gasteiger partial charge < -0.3 is 30.8 Å².